The van der Waals surface area contributed by atoms with Crippen molar-refractivity contribution in [2.45, 2.75) is 43.7 Å². The second-order valence-electron chi connectivity index (χ2n) is 6.20. The molecule has 4 bridgehead atoms. The number of sulfonamides is 1. The fourth-order valence-corrected chi connectivity index (χ4v) is 5.62. The molecule has 0 aromatic heterocycles. The predicted octanol–water partition coefficient (Wildman–Crippen LogP) is 0.442. The largest absolute Gasteiger partial charge is 0.327 e. The highest BCUT2D eigenvalue weighted by molar-refractivity contribution is 7.88. The van der Waals surface area contributed by atoms with E-state index in [1.165, 1.54) is 19.1 Å². The van der Waals surface area contributed by atoms with Gasteiger partial charge in [0.15, 0.2) is 0 Å². The number of hydrogen-bond acceptors (Lipinski definition) is 3. The van der Waals surface area contributed by atoms with Crippen molar-refractivity contribution in [1.82, 2.24) is 4.72 Å². The van der Waals surface area contributed by atoms with Crippen molar-refractivity contribution < 1.29 is 8.42 Å². The molecule has 92 valence electrons. The topological polar surface area (TPSA) is 72.2 Å². The maximum absolute atomic E-state index is 11.5. The molecule has 4 nitrogen and oxygen atoms in total. The van der Waals surface area contributed by atoms with Crippen LogP contribution in [0.4, 0.5) is 0 Å². The Morgan fingerprint density at radius 1 is 1.19 bits per heavy atom. The van der Waals surface area contributed by atoms with E-state index in [9.17, 15) is 8.42 Å². The number of hydrogen-bond donors (Lipinski definition) is 2. The van der Waals surface area contributed by atoms with E-state index in [1.54, 1.807) is 0 Å². The van der Waals surface area contributed by atoms with Gasteiger partial charge in [-0.2, -0.15) is 0 Å². The van der Waals surface area contributed by atoms with Gasteiger partial charge in [0, 0.05) is 11.6 Å². The van der Waals surface area contributed by atoms with Crippen LogP contribution in [-0.2, 0) is 10.0 Å². The van der Waals surface area contributed by atoms with Crippen molar-refractivity contribution in [1.29, 1.82) is 0 Å². The highest BCUT2D eigenvalue weighted by Crippen LogP contribution is 2.55. The Hall–Kier alpha value is -0.130. The van der Waals surface area contributed by atoms with Gasteiger partial charge in [0.2, 0.25) is 10.0 Å². The van der Waals surface area contributed by atoms with Crippen molar-refractivity contribution in [3.8, 4) is 0 Å². The molecule has 4 rings (SSSR count). The molecule has 5 atom stereocenters. The van der Waals surface area contributed by atoms with Gasteiger partial charge in [-0.3, -0.25) is 0 Å². The molecule has 0 amide bonds. The van der Waals surface area contributed by atoms with E-state index in [0.29, 0.717) is 23.8 Å². The Morgan fingerprint density at radius 3 is 2.25 bits per heavy atom. The van der Waals surface area contributed by atoms with Gasteiger partial charge >= 0.3 is 0 Å². The first-order valence-electron chi connectivity index (χ1n) is 6.11. The van der Waals surface area contributed by atoms with E-state index in [4.69, 9.17) is 5.73 Å². The smallest absolute Gasteiger partial charge is 0.209 e. The van der Waals surface area contributed by atoms with E-state index < -0.39 is 10.0 Å². The van der Waals surface area contributed by atoms with E-state index in [2.05, 4.69) is 4.72 Å². The van der Waals surface area contributed by atoms with Crippen LogP contribution in [0.25, 0.3) is 0 Å². The minimum Gasteiger partial charge on any atom is -0.327 e. The summed E-state index contributed by atoms with van der Waals surface area (Å²) in [6.45, 7) is 0. The first-order chi connectivity index (χ1) is 7.37. The van der Waals surface area contributed by atoms with Crippen LogP contribution in [0.5, 0.6) is 0 Å². The molecule has 0 radical (unpaired) electrons. The second-order valence-corrected chi connectivity index (χ2v) is 7.95. The Kier molecular flexibility index (Phi) is 2.20. The lowest BCUT2D eigenvalue weighted by Crippen LogP contribution is -2.65. The van der Waals surface area contributed by atoms with Gasteiger partial charge < -0.3 is 5.73 Å². The van der Waals surface area contributed by atoms with Crippen LogP contribution < -0.4 is 10.5 Å². The quantitative estimate of drug-likeness (QED) is 0.740. The summed E-state index contributed by atoms with van der Waals surface area (Å²) in [5.41, 5.74) is 6.06. The molecule has 5 heteroatoms. The third-order valence-corrected chi connectivity index (χ3v) is 5.55. The van der Waals surface area contributed by atoms with Crippen LogP contribution in [0.15, 0.2) is 0 Å². The van der Waals surface area contributed by atoms with Crippen LogP contribution in [-0.4, -0.2) is 26.3 Å². The highest BCUT2D eigenvalue weighted by atomic mass is 32.2. The van der Waals surface area contributed by atoms with Crippen molar-refractivity contribution >= 4 is 10.0 Å². The van der Waals surface area contributed by atoms with E-state index in [0.717, 1.165) is 19.3 Å². The van der Waals surface area contributed by atoms with Crippen molar-refractivity contribution in [3.05, 3.63) is 0 Å². The molecule has 4 saturated carbocycles. The molecule has 0 saturated heterocycles. The lowest BCUT2D eigenvalue weighted by Gasteiger charge is -2.59. The van der Waals surface area contributed by atoms with Crippen molar-refractivity contribution in [2.75, 3.05) is 6.26 Å². The maximum atomic E-state index is 11.5. The van der Waals surface area contributed by atoms with Gasteiger partial charge in [-0.15, -0.1) is 0 Å². The summed E-state index contributed by atoms with van der Waals surface area (Å²) in [7, 11) is -3.09. The van der Waals surface area contributed by atoms with E-state index in [1.807, 2.05) is 0 Å². The maximum Gasteiger partial charge on any atom is 0.209 e. The molecule has 0 heterocycles. The van der Waals surface area contributed by atoms with E-state index in [-0.39, 0.29) is 5.54 Å². The first kappa shape index (κ1) is 11.0. The zero-order chi connectivity index (χ0) is 11.6. The van der Waals surface area contributed by atoms with Gasteiger partial charge in [-0.25, -0.2) is 13.1 Å². The number of nitrogens with one attached hydrogen (secondary N) is 1. The van der Waals surface area contributed by atoms with E-state index >= 15 is 0 Å². The normalized spacial score (nSPS) is 50.9. The molecule has 4 aliphatic rings. The van der Waals surface area contributed by atoms with Gasteiger partial charge in [-0.1, -0.05) is 0 Å². The number of rotatable bonds is 2. The first-order valence-corrected chi connectivity index (χ1v) is 8.01. The van der Waals surface area contributed by atoms with Crippen LogP contribution >= 0.6 is 0 Å². The molecule has 4 unspecified atom stereocenters. The summed E-state index contributed by atoms with van der Waals surface area (Å²) in [6, 6.07) is 0.311. The summed E-state index contributed by atoms with van der Waals surface area (Å²) >= 11 is 0. The Balaban J connectivity index is 1.88. The molecular weight excluding hydrogens is 224 g/mol. The fourth-order valence-electron chi connectivity index (χ4n) is 4.58. The highest BCUT2D eigenvalue weighted by Gasteiger charge is 2.55. The van der Waals surface area contributed by atoms with Gasteiger partial charge in [0.05, 0.1) is 6.26 Å². The molecule has 16 heavy (non-hydrogen) atoms. The Labute approximate surface area is 97.0 Å². The van der Waals surface area contributed by atoms with Crippen molar-refractivity contribution in [3.63, 3.8) is 0 Å². The zero-order valence-corrected chi connectivity index (χ0v) is 10.5. The Bertz CT molecular complexity index is 390. The lowest BCUT2D eigenvalue weighted by atomic mass is 9.51. The molecule has 0 spiro atoms. The van der Waals surface area contributed by atoms with Crippen molar-refractivity contribution in [2.24, 2.45) is 23.5 Å². The van der Waals surface area contributed by atoms with Crippen LogP contribution in [0.2, 0.25) is 0 Å². The average molecular weight is 244 g/mol. The standard InChI is InChI=1S/C11H20N2O2S/c1-16(14,15)13-11-4-7-2-8(5-11)10(12)9(3-7)6-11/h7-10,13H,2-6,12H2,1H3/t7?,8-,9?,10?,11?/m0/s1. The third-order valence-electron chi connectivity index (χ3n) is 4.75. The summed E-state index contributed by atoms with van der Waals surface area (Å²) in [5.74, 6) is 1.78. The molecule has 0 aromatic rings. The monoisotopic (exact) mass is 244 g/mol. The fraction of sp³-hybridized carbons (Fsp3) is 1.00. The second kappa shape index (κ2) is 3.21. The molecule has 4 aliphatic carbocycles. The summed E-state index contributed by atoms with van der Waals surface area (Å²) in [6.07, 6.45) is 6.63. The molecule has 0 aromatic carbocycles. The summed E-state index contributed by atoms with van der Waals surface area (Å²) < 4.78 is 25.8. The minimum atomic E-state index is -3.09. The minimum absolute atomic E-state index is 0.153. The predicted molar refractivity (Wildman–Crippen MR) is 62.2 cm³/mol. The zero-order valence-electron chi connectivity index (χ0n) is 9.65. The van der Waals surface area contributed by atoms with Gasteiger partial charge in [0.25, 0.3) is 0 Å². The molecule has 0 aliphatic heterocycles. The Morgan fingerprint density at radius 2 is 1.75 bits per heavy atom. The summed E-state index contributed by atoms with van der Waals surface area (Å²) in [4.78, 5) is 0. The van der Waals surface area contributed by atoms with Gasteiger partial charge in [0.1, 0.15) is 0 Å². The summed E-state index contributed by atoms with van der Waals surface area (Å²) in [5, 5.41) is 0. The molecule has 3 N–H and O–H groups in total. The molecule has 4 fully saturated rings. The van der Waals surface area contributed by atoms with Crippen LogP contribution in [0.1, 0.15) is 32.1 Å². The lowest BCUT2D eigenvalue weighted by molar-refractivity contribution is -0.0249. The third kappa shape index (κ3) is 1.69. The SMILES string of the molecule is CS(=O)(=O)NC12CC3CC(C1)C(N)[C@@H](C3)C2. The van der Waals surface area contributed by atoms with Crippen LogP contribution in [0, 0.1) is 17.8 Å². The van der Waals surface area contributed by atoms with Gasteiger partial charge in [-0.05, 0) is 49.9 Å². The number of nitrogens with two attached hydrogens (primary N) is 1. The molecular formula is C11H20N2O2S. The van der Waals surface area contributed by atoms with Crippen LogP contribution in [0.3, 0.4) is 0 Å². The average Bonchev–Trinajstić information content (AvgIpc) is 2.08.